The lowest BCUT2D eigenvalue weighted by Gasteiger charge is -2.33. The van der Waals surface area contributed by atoms with E-state index in [2.05, 4.69) is 39.5 Å². The lowest BCUT2D eigenvalue weighted by atomic mass is 9.90. The zero-order valence-electron chi connectivity index (χ0n) is 12.4. The minimum atomic E-state index is 0.491. The molecule has 1 saturated carbocycles. The van der Waals surface area contributed by atoms with Crippen LogP contribution in [-0.2, 0) is 0 Å². The van der Waals surface area contributed by atoms with Gasteiger partial charge in [0.2, 0.25) is 0 Å². The first-order valence-corrected chi connectivity index (χ1v) is 7.25. The summed E-state index contributed by atoms with van der Waals surface area (Å²) in [4.78, 5) is 6.62. The van der Waals surface area contributed by atoms with Crippen molar-refractivity contribution in [2.24, 2.45) is 0 Å². The lowest BCUT2D eigenvalue weighted by Crippen LogP contribution is -2.38. The standard InChI is InChI=1S/C14H22N6/c1-10-15-14-8-7-13(18-20(14)17-10)16-11-5-4-6-12(9-11)19(2)3/h7-8,11-12H,4-6,9H2,1-3H3,(H,16,18)/t11-,12-/m1/s1. The third-order valence-electron chi connectivity index (χ3n) is 4.04. The Morgan fingerprint density at radius 1 is 1.25 bits per heavy atom. The van der Waals surface area contributed by atoms with Gasteiger partial charge >= 0.3 is 0 Å². The predicted molar refractivity (Wildman–Crippen MR) is 78.9 cm³/mol. The highest BCUT2D eigenvalue weighted by atomic mass is 15.5. The van der Waals surface area contributed by atoms with E-state index in [9.17, 15) is 0 Å². The average molecular weight is 274 g/mol. The van der Waals surface area contributed by atoms with E-state index in [0.29, 0.717) is 12.1 Å². The van der Waals surface area contributed by atoms with Crippen LogP contribution in [-0.4, -0.2) is 50.9 Å². The quantitative estimate of drug-likeness (QED) is 0.923. The molecule has 1 fully saturated rings. The molecule has 2 heterocycles. The summed E-state index contributed by atoms with van der Waals surface area (Å²) in [5.41, 5.74) is 0.794. The highest BCUT2D eigenvalue weighted by Gasteiger charge is 2.23. The number of fused-ring (bicyclic) bond motifs is 1. The fourth-order valence-electron chi connectivity index (χ4n) is 2.94. The number of hydrogen-bond donors (Lipinski definition) is 1. The van der Waals surface area contributed by atoms with Gasteiger partial charge in [-0.3, -0.25) is 0 Å². The van der Waals surface area contributed by atoms with Crippen molar-refractivity contribution in [2.45, 2.75) is 44.7 Å². The van der Waals surface area contributed by atoms with Crippen LogP contribution >= 0.6 is 0 Å². The third kappa shape index (κ3) is 2.75. The number of aryl methyl sites for hydroxylation is 1. The Labute approximate surface area is 119 Å². The molecule has 6 heteroatoms. The molecule has 0 spiro atoms. The van der Waals surface area contributed by atoms with E-state index in [1.807, 2.05) is 19.1 Å². The van der Waals surface area contributed by atoms with Crippen LogP contribution < -0.4 is 5.32 Å². The summed E-state index contributed by atoms with van der Waals surface area (Å²) >= 11 is 0. The van der Waals surface area contributed by atoms with E-state index >= 15 is 0 Å². The van der Waals surface area contributed by atoms with Gasteiger partial charge in [-0.1, -0.05) is 0 Å². The Morgan fingerprint density at radius 2 is 2.10 bits per heavy atom. The van der Waals surface area contributed by atoms with E-state index < -0.39 is 0 Å². The molecule has 6 nitrogen and oxygen atoms in total. The second-order valence-electron chi connectivity index (χ2n) is 5.85. The number of nitrogens with zero attached hydrogens (tertiary/aromatic N) is 5. The second-order valence-corrected chi connectivity index (χ2v) is 5.85. The van der Waals surface area contributed by atoms with E-state index in [1.165, 1.54) is 25.7 Å². The summed E-state index contributed by atoms with van der Waals surface area (Å²) in [5.74, 6) is 1.63. The van der Waals surface area contributed by atoms with Gasteiger partial charge in [0, 0.05) is 12.1 Å². The summed E-state index contributed by atoms with van der Waals surface area (Å²) in [6.45, 7) is 1.88. The van der Waals surface area contributed by atoms with Crippen LogP contribution in [0.1, 0.15) is 31.5 Å². The molecule has 3 rings (SSSR count). The van der Waals surface area contributed by atoms with Crippen molar-refractivity contribution in [3.05, 3.63) is 18.0 Å². The van der Waals surface area contributed by atoms with Gasteiger partial charge in [0.25, 0.3) is 0 Å². The van der Waals surface area contributed by atoms with Gasteiger partial charge in [0.15, 0.2) is 5.65 Å². The Balaban J connectivity index is 1.72. The van der Waals surface area contributed by atoms with Crippen LogP contribution in [0.5, 0.6) is 0 Å². The average Bonchev–Trinajstić information content (AvgIpc) is 2.78. The molecule has 0 unspecified atom stereocenters. The van der Waals surface area contributed by atoms with Crippen LogP contribution in [0, 0.1) is 6.92 Å². The topological polar surface area (TPSA) is 58.4 Å². The fraction of sp³-hybridized carbons (Fsp3) is 0.643. The normalized spacial score (nSPS) is 23.4. The van der Waals surface area contributed by atoms with Gasteiger partial charge in [-0.25, -0.2) is 4.98 Å². The fourth-order valence-corrected chi connectivity index (χ4v) is 2.94. The van der Waals surface area contributed by atoms with Crippen LogP contribution in [0.15, 0.2) is 12.1 Å². The molecule has 2 aromatic heterocycles. The van der Waals surface area contributed by atoms with Crippen LogP contribution in [0.2, 0.25) is 0 Å². The molecule has 20 heavy (non-hydrogen) atoms. The molecule has 2 aromatic rings. The maximum atomic E-state index is 4.48. The Hall–Kier alpha value is -1.69. The zero-order chi connectivity index (χ0) is 14.1. The van der Waals surface area contributed by atoms with Crippen LogP contribution in [0.25, 0.3) is 5.65 Å². The van der Waals surface area contributed by atoms with Gasteiger partial charge < -0.3 is 10.2 Å². The molecule has 1 aliphatic rings. The Morgan fingerprint density at radius 3 is 2.90 bits per heavy atom. The molecule has 0 bridgehead atoms. The van der Waals surface area contributed by atoms with Gasteiger partial charge in [-0.15, -0.1) is 14.8 Å². The smallest absolute Gasteiger partial charge is 0.176 e. The number of aromatic nitrogens is 4. The largest absolute Gasteiger partial charge is 0.366 e. The van der Waals surface area contributed by atoms with Crippen molar-refractivity contribution in [1.29, 1.82) is 0 Å². The summed E-state index contributed by atoms with van der Waals surface area (Å²) in [6, 6.07) is 5.11. The van der Waals surface area contributed by atoms with Crippen molar-refractivity contribution in [2.75, 3.05) is 19.4 Å². The molecule has 0 aromatic carbocycles. The highest BCUT2D eigenvalue weighted by Crippen LogP contribution is 2.24. The molecule has 2 atom stereocenters. The maximum Gasteiger partial charge on any atom is 0.176 e. The van der Waals surface area contributed by atoms with Crippen molar-refractivity contribution < 1.29 is 0 Å². The third-order valence-corrected chi connectivity index (χ3v) is 4.04. The van der Waals surface area contributed by atoms with Crippen LogP contribution in [0.4, 0.5) is 5.82 Å². The highest BCUT2D eigenvalue weighted by molar-refractivity contribution is 5.43. The van der Waals surface area contributed by atoms with Gasteiger partial charge in [0.05, 0.1) is 0 Å². The monoisotopic (exact) mass is 274 g/mol. The van der Waals surface area contributed by atoms with E-state index in [4.69, 9.17) is 0 Å². The lowest BCUT2D eigenvalue weighted by molar-refractivity contribution is 0.219. The van der Waals surface area contributed by atoms with Crippen molar-refractivity contribution in [3.8, 4) is 0 Å². The number of hydrogen-bond acceptors (Lipinski definition) is 5. The Bertz CT molecular complexity index is 590. The second kappa shape index (κ2) is 5.36. The minimum absolute atomic E-state index is 0.491. The Kier molecular flexibility index (Phi) is 3.56. The molecule has 0 saturated heterocycles. The zero-order valence-corrected chi connectivity index (χ0v) is 12.4. The van der Waals surface area contributed by atoms with Gasteiger partial charge in [0.1, 0.15) is 11.6 Å². The first-order chi connectivity index (χ1) is 9.61. The van der Waals surface area contributed by atoms with Gasteiger partial charge in [-0.05, 0) is 58.8 Å². The predicted octanol–water partition coefficient (Wildman–Crippen LogP) is 1.72. The first kappa shape index (κ1) is 13.3. The number of nitrogens with one attached hydrogen (secondary N) is 1. The van der Waals surface area contributed by atoms with Crippen molar-refractivity contribution in [1.82, 2.24) is 24.7 Å². The molecule has 0 aliphatic heterocycles. The molecule has 0 amide bonds. The summed E-state index contributed by atoms with van der Waals surface area (Å²) in [5, 5.41) is 12.3. The van der Waals surface area contributed by atoms with Crippen molar-refractivity contribution >= 4 is 11.5 Å². The summed E-state index contributed by atoms with van der Waals surface area (Å²) in [6.07, 6.45) is 4.94. The first-order valence-electron chi connectivity index (χ1n) is 7.25. The van der Waals surface area contributed by atoms with E-state index in [-0.39, 0.29) is 0 Å². The van der Waals surface area contributed by atoms with Gasteiger partial charge in [-0.2, -0.15) is 0 Å². The van der Waals surface area contributed by atoms with Crippen LogP contribution in [0.3, 0.4) is 0 Å². The maximum absolute atomic E-state index is 4.48. The molecule has 0 radical (unpaired) electrons. The molecular formula is C14H22N6. The summed E-state index contributed by atoms with van der Waals surface area (Å²) in [7, 11) is 4.32. The molecular weight excluding hydrogens is 252 g/mol. The molecule has 108 valence electrons. The molecule has 1 N–H and O–H groups in total. The number of anilines is 1. The van der Waals surface area contributed by atoms with E-state index in [0.717, 1.165) is 17.3 Å². The van der Waals surface area contributed by atoms with E-state index in [1.54, 1.807) is 4.63 Å². The SMILES string of the molecule is Cc1nc2ccc(N[C@@H]3CCC[C@@H](N(C)C)C3)nn2n1. The summed E-state index contributed by atoms with van der Waals surface area (Å²) < 4.78 is 1.60. The minimum Gasteiger partial charge on any atom is -0.366 e. The number of rotatable bonds is 3. The van der Waals surface area contributed by atoms with Crippen molar-refractivity contribution in [3.63, 3.8) is 0 Å². The molecule has 1 aliphatic carbocycles.